The maximum absolute atomic E-state index is 12.2. The van der Waals surface area contributed by atoms with Gasteiger partial charge in [-0.1, -0.05) is 30.3 Å². The minimum absolute atomic E-state index is 0.102. The van der Waals surface area contributed by atoms with Gasteiger partial charge in [0.2, 0.25) is 15.7 Å². The molecule has 1 fully saturated rings. The van der Waals surface area contributed by atoms with E-state index in [4.69, 9.17) is 10.00 Å². The van der Waals surface area contributed by atoms with Crippen LogP contribution in [0.4, 0.5) is 0 Å². The molecule has 1 aromatic carbocycles. The highest BCUT2D eigenvalue weighted by atomic mass is 32.2. The molecule has 8 heteroatoms. The lowest BCUT2D eigenvalue weighted by Gasteiger charge is -2.28. The number of benzene rings is 1. The Morgan fingerprint density at radius 3 is 2.52 bits per heavy atom. The van der Waals surface area contributed by atoms with E-state index < -0.39 is 10.0 Å². The SMILES string of the molecule is N#Cc1nccnc1OC1CCC(NS(=O)(=O)C=Cc2ccccc2)CC1. The van der Waals surface area contributed by atoms with Crippen molar-refractivity contribution in [3.63, 3.8) is 0 Å². The highest BCUT2D eigenvalue weighted by molar-refractivity contribution is 7.92. The topological polar surface area (TPSA) is 105 Å². The third-order valence-corrected chi connectivity index (χ3v) is 5.45. The highest BCUT2D eigenvalue weighted by Crippen LogP contribution is 2.24. The smallest absolute Gasteiger partial charge is 0.251 e. The fourth-order valence-electron chi connectivity index (χ4n) is 2.95. The summed E-state index contributed by atoms with van der Waals surface area (Å²) in [6, 6.07) is 11.1. The summed E-state index contributed by atoms with van der Waals surface area (Å²) >= 11 is 0. The third kappa shape index (κ3) is 5.61. The Morgan fingerprint density at radius 2 is 1.81 bits per heavy atom. The van der Waals surface area contributed by atoms with E-state index in [2.05, 4.69) is 14.7 Å². The zero-order chi connectivity index (χ0) is 19.1. The summed E-state index contributed by atoms with van der Waals surface area (Å²) in [6.45, 7) is 0. The van der Waals surface area contributed by atoms with E-state index in [0.29, 0.717) is 25.7 Å². The summed E-state index contributed by atoms with van der Waals surface area (Å²) < 4.78 is 33.0. The summed E-state index contributed by atoms with van der Waals surface area (Å²) in [5, 5.41) is 10.2. The van der Waals surface area contributed by atoms with Gasteiger partial charge in [0, 0.05) is 23.8 Å². The lowest BCUT2D eigenvalue weighted by Crippen LogP contribution is -2.38. The molecule has 1 aliphatic rings. The van der Waals surface area contributed by atoms with E-state index in [1.54, 1.807) is 6.08 Å². The maximum atomic E-state index is 12.2. The van der Waals surface area contributed by atoms with E-state index in [0.717, 1.165) is 5.56 Å². The first-order valence-electron chi connectivity index (χ1n) is 8.69. The zero-order valence-electron chi connectivity index (χ0n) is 14.7. The molecule has 0 saturated heterocycles. The van der Waals surface area contributed by atoms with Crippen molar-refractivity contribution in [2.24, 2.45) is 0 Å². The molecule has 140 valence electrons. The number of hydrogen-bond acceptors (Lipinski definition) is 6. The fourth-order valence-corrected chi connectivity index (χ4v) is 4.06. The summed E-state index contributed by atoms with van der Waals surface area (Å²) in [5.41, 5.74) is 0.989. The summed E-state index contributed by atoms with van der Waals surface area (Å²) in [7, 11) is -3.50. The molecule has 27 heavy (non-hydrogen) atoms. The zero-order valence-corrected chi connectivity index (χ0v) is 15.5. The first-order valence-corrected chi connectivity index (χ1v) is 10.2. The molecular formula is C19H20N4O3S. The second kappa shape index (κ2) is 8.75. The number of nitriles is 1. The second-order valence-corrected chi connectivity index (χ2v) is 7.89. The van der Waals surface area contributed by atoms with Gasteiger partial charge in [0.05, 0.1) is 0 Å². The van der Waals surface area contributed by atoms with Crippen LogP contribution in [0, 0.1) is 11.3 Å². The molecule has 0 bridgehead atoms. The van der Waals surface area contributed by atoms with Gasteiger partial charge in [-0.05, 0) is 37.3 Å². The molecule has 0 radical (unpaired) electrons. The van der Waals surface area contributed by atoms with Gasteiger partial charge in [-0.15, -0.1) is 0 Å². The van der Waals surface area contributed by atoms with Crippen molar-refractivity contribution < 1.29 is 13.2 Å². The average molecular weight is 384 g/mol. The van der Waals surface area contributed by atoms with E-state index in [-0.39, 0.29) is 23.7 Å². The van der Waals surface area contributed by atoms with E-state index >= 15 is 0 Å². The molecule has 7 nitrogen and oxygen atoms in total. The number of nitrogens with one attached hydrogen (secondary N) is 1. The summed E-state index contributed by atoms with van der Waals surface area (Å²) in [4.78, 5) is 7.97. The van der Waals surface area contributed by atoms with Crippen molar-refractivity contribution in [1.82, 2.24) is 14.7 Å². The molecule has 1 aromatic heterocycles. The molecule has 3 rings (SSSR count). The van der Waals surface area contributed by atoms with Crippen LogP contribution in [0.15, 0.2) is 48.1 Å². The largest absolute Gasteiger partial charge is 0.472 e. The molecule has 0 spiro atoms. The monoisotopic (exact) mass is 384 g/mol. The van der Waals surface area contributed by atoms with E-state index in [9.17, 15) is 8.42 Å². The van der Waals surface area contributed by atoms with Crippen LogP contribution in [0.5, 0.6) is 5.88 Å². The standard InChI is InChI=1S/C19H20N4O3S/c20-14-18-19(22-12-11-21-18)26-17-8-6-16(7-9-17)23-27(24,25)13-10-15-4-2-1-3-5-15/h1-5,10-13,16-17,23H,6-9H2. The maximum Gasteiger partial charge on any atom is 0.251 e. The Balaban J connectivity index is 1.52. The molecular weight excluding hydrogens is 364 g/mol. The Kier molecular flexibility index (Phi) is 6.16. The molecule has 1 heterocycles. The highest BCUT2D eigenvalue weighted by Gasteiger charge is 2.26. The molecule has 0 atom stereocenters. The van der Waals surface area contributed by atoms with Gasteiger partial charge in [0.25, 0.3) is 5.88 Å². The molecule has 1 aliphatic carbocycles. The molecule has 1 saturated carbocycles. The van der Waals surface area contributed by atoms with Crippen molar-refractivity contribution >= 4 is 16.1 Å². The van der Waals surface area contributed by atoms with Crippen LogP contribution in [0.1, 0.15) is 36.9 Å². The second-order valence-electron chi connectivity index (χ2n) is 6.29. The minimum Gasteiger partial charge on any atom is -0.472 e. The van der Waals surface area contributed by atoms with Crippen LogP contribution < -0.4 is 9.46 Å². The molecule has 0 amide bonds. The number of rotatable bonds is 6. The van der Waals surface area contributed by atoms with Crippen molar-refractivity contribution in [3.05, 3.63) is 59.4 Å². The van der Waals surface area contributed by atoms with Gasteiger partial charge in [-0.25, -0.2) is 23.1 Å². The average Bonchev–Trinajstić information content (AvgIpc) is 2.69. The molecule has 1 N–H and O–H groups in total. The van der Waals surface area contributed by atoms with Gasteiger partial charge < -0.3 is 4.74 Å². The number of hydrogen-bond donors (Lipinski definition) is 1. The first kappa shape index (κ1) is 19.0. The predicted octanol–water partition coefficient (Wildman–Crippen LogP) is 2.63. The Bertz CT molecular complexity index is 931. The summed E-state index contributed by atoms with van der Waals surface area (Å²) in [5.74, 6) is 0.231. The Hall–Kier alpha value is -2.76. The van der Waals surface area contributed by atoms with Crippen molar-refractivity contribution in [2.45, 2.75) is 37.8 Å². The van der Waals surface area contributed by atoms with Crippen LogP contribution >= 0.6 is 0 Å². The lowest BCUT2D eigenvalue weighted by atomic mass is 9.94. The van der Waals surface area contributed by atoms with Gasteiger partial charge in [-0.3, -0.25) is 0 Å². The van der Waals surface area contributed by atoms with Crippen molar-refractivity contribution in [1.29, 1.82) is 5.26 Å². The molecule has 2 aromatic rings. The van der Waals surface area contributed by atoms with Crippen molar-refractivity contribution in [3.8, 4) is 11.9 Å². The third-order valence-electron chi connectivity index (χ3n) is 4.29. The van der Waals surface area contributed by atoms with Crippen LogP contribution in [0.3, 0.4) is 0 Å². The molecule has 0 unspecified atom stereocenters. The minimum atomic E-state index is -3.50. The Morgan fingerprint density at radius 1 is 1.11 bits per heavy atom. The van der Waals surface area contributed by atoms with Crippen LogP contribution in [0.25, 0.3) is 6.08 Å². The van der Waals surface area contributed by atoms with Crippen LogP contribution in [-0.4, -0.2) is 30.5 Å². The Labute approximate surface area is 158 Å². The molecule has 0 aliphatic heterocycles. The number of ether oxygens (including phenoxy) is 1. The predicted molar refractivity (Wildman–Crippen MR) is 101 cm³/mol. The number of nitrogens with zero attached hydrogens (tertiary/aromatic N) is 3. The van der Waals surface area contributed by atoms with Gasteiger partial charge in [-0.2, -0.15) is 5.26 Å². The lowest BCUT2D eigenvalue weighted by molar-refractivity contribution is 0.137. The fraction of sp³-hybridized carbons (Fsp3) is 0.316. The van der Waals surface area contributed by atoms with Crippen molar-refractivity contribution in [2.75, 3.05) is 0 Å². The normalized spacial score (nSPS) is 20.3. The first-order chi connectivity index (χ1) is 13.1. The van der Waals surface area contributed by atoms with Gasteiger partial charge in [0.15, 0.2) is 0 Å². The van der Waals surface area contributed by atoms with Gasteiger partial charge >= 0.3 is 0 Å². The van der Waals surface area contributed by atoms with Gasteiger partial charge in [0.1, 0.15) is 12.2 Å². The quantitative estimate of drug-likeness (QED) is 0.821. The number of sulfonamides is 1. The number of aromatic nitrogens is 2. The van der Waals surface area contributed by atoms with Crippen LogP contribution in [0.2, 0.25) is 0 Å². The summed E-state index contributed by atoms with van der Waals surface area (Å²) in [6.07, 6.45) is 7.07. The van der Waals surface area contributed by atoms with E-state index in [1.807, 2.05) is 36.4 Å². The van der Waals surface area contributed by atoms with Crippen LogP contribution in [-0.2, 0) is 10.0 Å². The van der Waals surface area contributed by atoms with E-state index in [1.165, 1.54) is 17.8 Å².